The molecule has 30 heavy (non-hydrogen) atoms. The molecule has 0 radical (unpaired) electrons. The fourth-order valence-electron chi connectivity index (χ4n) is 3.58. The average Bonchev–Trinajstić information content (AvgIpc) is 3.01. The molecule has 6 nitrogen and oxygen atoms in total. The van der Waals surface area contributed by atoms with Crippen LogP contribution < -0.4 is 11.0 Å². The lowest BCUT2D eigenvalue weighted by Gasteiger charge is -2.08. The zero-order chi connectivity index (χ0) is 21.1. The zero-order valence-corrected chi connectivity index (χ0v) is 17.1. The molecule has 0 saturated carbocycles. The van der Waals surface area contributed by atoms with Crippen molar-refractivity contribution in [3.05, 3.63) is 99.6 Å². The monoisotopic (exact) mass is 400 g/mol. The van der Waals surface area contributed by atoms with Crippen molar-refractivity contribution in [1.82, 2.24) is 19.4 Å². The quantitative estimate of drug-likeness (QED) is 0.540. The Hall–Kier alpha value is -3.67. The highest BCUT2D eigenvalue weighted by molar-refractivity contribution is 5.95. The van der Waals surface area contributed by atoms with Crippen LogP contribution in [-0.4, -0.2) is 26.6 Å². The standard InChI is InChI=1S/C24H24N4O2/c1-17-9-11-19(12-10-17)16-28-21-8-5-13-25-22(21)27(24(28)30)15-14-26-23(29)20-7-4-3-6-18(20)2/h3-13H,14-16H2,1-2H3,(H,26,29). The van der Waals surface area contributed by atoms with E-state index in [0.29, 0.717) is 30.8 Å². The van der Waals surface area contributed by atoms with Crippen LogP contribution in [0.1, 0.15) is 27.0 Å². The maximum absolute atomic E-state index is 13.1. The van der Waals surface area contributed by atoms with Crippen molar-refractivity contribution in [3.63, 3.8) is 0 Å². The maximum atomic E-state index is 13.1. The molecule has 4 aromatic rings. The predicted octanol–water partition coefficient (Wildman–Crippen LogP) is 3.29. The number of carbonyl (C=O) groups excluding carboxylic acids is 1. The van der Waals surface area contributed by atoms with Gasteiger partial charge in [-0.05, 0) is 43.2 Å². The minimum Gasteiger partial charge on any atom is -0.350 e. The van der Waals surface area contributed by atoms with E-state index in [1.165, 1.54) is 5.56 Å². The van der Waals surface area contributed by atoms with Gasteiger partial charge in [0.25, 0.3) is 5.91 Å². The lowest BCUT2D eigenvalue weighted by Crippen LogP contribution is -2.32. The Morgan fingerprint density at radius 3 is 2.50 bits per heavy atom. The molecule has 0 unspecified atom stereocenters. The molecule has 152 valence electrons. The summed E-state index contributed by atoms with van der Waals surface area (Å²) in [6.45, 7) is 5.11. The van der Waals surface area contributed by atoms with Crippen LogP contribution in [0.25, 0.3) is 11.2 Å². The van der Waals surface area contributed by atoms with E-state index in [9.17, 15) is 9.59 Å². The molecule has 1 amide bonds. The Labute approximate surface area is 174 Å². The van der Waals surface area contributed by atoms with Crippen molar-refractivity contribution in [2.24, 2.45) is 0 Å². The smallest absolute Gasteiger partial charge is 0.330 e. The molecule has 0 bridgehead atoms. The van der Waals surface area contributed by atoms with Crippen molar-refractivity contribution < 1.29 is 4.79 Å². The first-order valence-corrected chi connectivity index (χ1v) is 9.98. The molecular formula is C24H24N4O2. The molecule has 0 atom stereocenters. The van der Waals surface area contributed by atoms with Gasteiger partial charge in [0.15, 0.2) is 5.65 Å². The number of aryl methyl sites for hydroxylation is 2. The Morgan fingerprint density at radius 2 is 1.73 bits per heavy atom. The van der Waals surface area contributed by atoms with Crippen LogP contribution in [0.15, 0.2) is 71.7 Å². The third-order valence-corrected chi connectivity index (χ3v) is 5.25. The molecule has 0 aliphatic carbocycles. The average molecular weight is 400 g/mol. The highest BCUT2D eigenvalue weighted by Crippen LogP contribution is 2.13. The second kappa shape index (κ2) is 8.37. The lowest BCUT2D eigenvalue weighted by molar-refractivity contribution is 0.0951. The third-order valence-electron chi connectivity index (χ3n) is 5.25. The van der Waals surface area contributed by atoms with Gasteiger partial charge in [-0.1, -0.05) is 48.0 Å². The summed E-state index contributed by atoms with van der Waals surface area (Å²) in [7, 11) is 0. The van der Waals surface area contributed by atoms with Crippen LogP contribution in [0.5, 0.6) is 0 Å². The van der Waals surface area contributed by atoms with Crippen molar-refractivity contribution in [3.8, 4) is 0 Å². The number of nitrogens with one attached hydrogen (secondary N) is 1. The molecule has 2 heterocycles. The number of carbonyl (C=O) groups is 1. The fourth-order valence-corrected chi connectivity index (χ4v) is 3.58. The van der Waals surface area contributed by atoms with Gasteiger partial charge in [0.2, 0.25) is 0 Å². The number of aromatic nitrogens is 3. The first-order valence-electron chi connectivity index (χ1n) is 9.98. The van der Waals surface area contributed by atoms with Gasteiger partial charge in [0.1, 0.15) is 0 Å². The van der Waals surface area contributed by atoms with Gasteiger partial charge >= 0.3 is 5.69 Å². The molecule has 1 N–H and O–H groups in total. The number of pyridine rings is 1. The van der Waals surface area contributed by atoms with E-state index in [1.807, 2.05) is 68.4 Å². The van der Waals surface area contributed by atoms with Gasteiger partial charge in [-0.15, -0.1) is 0 Å². The summed E-state index contributed by atoms with van der Waals surface area (Å²) in [6.07, 6.45) is 1.68. The number of hydrogen-bond donors (Lipinski definition) is 1. The van der Waals surface area contributed by atoms with Crippen LogP contribution >= 0.6 is 0 Å². The number of amides is 1. The molecule has 0 aliphatic rings. The minimum atomic E-state index is -0.141. The number of imidazole rings is 1. The topological polar surface area (TPSA) is 68.9 Å². The van der Waals surface area contributed by atoms with Gasteiger partial charge in [-0.3, -0.25) is 13.9 Å². The van der Waals surface area contributed by atoms with Crippen LogP contribution in [0.4, 0.5) is 0 Å². The molecular weight excluding hydrogens is 376 g/mol. The Balaban J connectivity index is 1.56. The van der Waals surface area contributed by atoms with E-state index in [1.54, 1.807) is 21.4 Å². The number of rotatable bonds is 6. The predicted molar refractivity (Wildman–Crippen MR) is 118 cm³/mol. The zero-order valence-electron chi connectivity index (χ0n) is 17.1. The molecule has 0 aliphatic heterocycles. The largest absolute Gasteiger partial charge is 0.350 e. The summed E-state index contributed by atoms with van der Waals surface area (Å²) < 4.78 is 3.36. The second-order valence-electron chi connectivity index (χ2n) is 7.42. The van der Waals surface area contributed by atoms with E-state index in [0.717, 1.165) is 16.6 Å². The van der Waals surface area contributed by atoms with E-state index in [-0.39, 0.29) is 11.6 Å². The van der Waals surface area contributed by atoms with Crippen LogP contribution in [0.2, 0.25) is 0 Å². The summed E-state index contributed by atoms with van der Waals surface area (Å²) in [5.41, 5.74) is 5.08. The first kappa shape index (κ1) is 19.6. The molecule has 0 fully saturated rings. The van der Waals surface area contributed by atoms with E-state index >= 15 is 0 Å². The minimum absolute atomic E-state index is 0.130. The van der Waals surface area contributed by atoms with Crippen molar-refractivity contribution in [2.75, 3.05) is 6.54 Å². The molecule has 6 heteroatoms. The summed E-state index contributed by atoms with van der Waals surface area (Å²) >= 11 is 0. The van der Waals surface area contributed by atoms with Crippen LogP contribution in [-0.2, 0) is 13.1 Å². The first-order chi connectivity index (χ1) is 14.5. The summed E-state index contributed by atoms with van der Waals surface area (Å²) in [5, 5.41) is 2.91. The molecule has 2 aromatic carbocycles. The van der Waals surface area contributed by atoms with E-state index in [4.69, 9.17) is 0 Å². The van der Waals surface area contributed by atoms with Gasteiger partial charge in [0.05, 0.1) is 12.1 Å². The lowest BCUT2D eigenvalue weighted by atomic mass is 10.1. The highest BCUT2D eigenvalue weighted by Gasteiger charge is 2.15. The van der Waals surface area contributed by atoms with Crippen molar-refractivity contribution in [1.29, 1.82) is 0 Å². The number of hydrogen-bond acceptors (Lipinski definition) is 3. The van der Waals surface area contributed by atoms with Crippen LogP contribution in [0.3, 0.4) is 0 Å². The van der Waals surface area contributed by atoms with Crippen molar-refractivity contribution in [2.45, 2.75) is 26.9 Å². The normalized spacial score (nSPS) is 11.0. The number of benzene rings is 2. The SMILES string of the molecule is Cc1ccc(Cn2c(=O)n(CCNC(=O)c3ccccc3C)c3ncccc32)cc1. The van der Waals surface area contributed by atoms with Gasteiger partial charge in [-0.25, -0.2) is 9.78 Å². The number of nitrogens with zero attached hydrogens (tertiary/aromatic N) is 3. The van der Waals surface area contributed by atoms with Gasteiger partial charge in [0, 0.05) is 24.8 Å². The van der Waals surface area contributed by atoms with Gasteiger partial charge < -0.3 is 5.32 Å². The Bertz CT molecular complexity index is 1250. The van der Waals surface area contributed by atoms with E-state index < -0.39 is 0 Å². The molecule has 0 spiro atoms. The summed E-state index contributed by atoms with van der Waals surface area (Å²) in [5.74, 6) is -0.141. The molecule has 4 rings (SSSR count). The molecule has 0 saturated heterocycles. The van der Waals surface area contributed by atoms with Crippen LogP contribution in [0, 0.1) is 13.8 Å². The fraction of sp³-hybridized carbons (Fsp3) is 0.208. The van der Waals surface area contributed by atoms with Crippen molar-refractivity contribution >= 4 is 17.1 Å². The summed E-state index contributed by atoms with van der Waals surface area (Å²) in [4.78, 5) is 30.0. The van der Waals surface area contributed by atoms with E-state index in [2.05, 4.69) is 10.3 Å². The second-order valence-corrected chi connectivity index (χ2v) is 7.42. The Kier molecular flexibility index (Phi) is 5.48. The number of fused-ring (bicyclic) bond motifs is 1. The summed E-state index contributed by atoms with van der Waals surface area (Å²) in [6, 6.07) is 19.3. The molecule has 2 aromatic heterocycles. The highest BCUT2D eigenvalue weighted by atomic mass is 16.2. The Morgan fingerprint density at radius 1 is 0.967 bits per heavy atom. The maximum Gasteiger partial charge on any atom is 0.330 e. The van der Waals surface area contributed by atoms with Gasteiger partial charge in [-0.2, -0.15) is 0 Å². The third kappa shape index (κ3) is 3.89.